The van der Waals surface area contributed by atoms with Crippen molar-refractivity contribution in [1.29, 1.82) is 0 Å². The maximum absolute atomic E-state index is 12.4. The van der Waals surface area contributed by atoms with Gasteiger partial charge in [-0.25, -0.2) is 4.79 Å². The molecule has 2 amide bonds. The van der Waals surface area contributed by atoms with E-state index in [0.717, 1.165) is 23.3 Å². The maximum Gasteiger partial charge on any atom is 0.416 e. The lowest BCUT2D eigenvalue weighted by Gasteiger charge is -2.10. The highest BCUT2D eigenvalue weighted by molar-refractivity contribution is 5.89. The lowest BCUT2D eigenvalue weighted by molar-refractivity contribution is -0.137. The van der Waals surface area contributed by atoms with E-state index in [-0.39, 0.29) is 0 Å². The number of urea groups is 1. The molecule has 0 aliphatic heterocycles. The normalized spacial score (nSPS) is 11.1. The van der Waals surface area contributed by atoms with Crippen molar-refractivity contribution >= 4 is 11.7 Å². The molecule has 0 spiro atoms. The van der Waals surface area contributed by atoms with Crippen molar-refractivity contribution in [3.63, 3.8) is 0 Å². The number of anilines is 1. The van der Waals surface area contributed by atoms with Crippen LogP contribution in [0.3, 0.4) is 0 Å². The van der Waals surface area contributed by atoms with Crippen LogP contribution in [0.2, 0.25) is 0 Å². The summed E-state index contributed by atoms with van der Waals surface area (Å²) in [5.41, 5.74) is 1.58. The average molecular weight is 308 g/mol. The van der Waals surface area contributed by atoms with Crippen molar-refractivity contribution < 1.29 is 18.0 Å². The van der Waals surface area contributed by atoms with Crippen LogP contribution in [-0.4, -0.2) is 6.03 Å². The zero-order valence-corrected chi connectivity index (χ0v) is 11.9. The zero-order chi connectivity index (χ0) is 16.2. The van der Waals surface area contributed by atoms with Crippen molar-refractivity contribution in [1.82, 2.24) is 5.32 Å². The highest BCUT2D eigenvalue weighted by atomic mass is 19.4. The van der Waals surface area contributed by atoms with Gasteiger partial charge in [0.05, 0.1) is 5.56 Å². The van der Waals surface area contributed by atoms with Gasteiger partial charge in [0, 0.05) is 12.2 Å². The minimum atomic E-state index is -4.38. The van der Waals surface area contributed by atoms with Crippen LogP contribution in [0.5, 0.6) is 0 Å². The Bertz CT molecular complexity index is 651. The van der Waals surface area contributed by atoms with Crippen LogP contribution in [0.1, 0.15) is 16.7 Å². The molecule has 0 bridgehead atoms. The van der Waals surface area contributed by atoms with E-state index in [1.807, 2.05) is 31.2 Å². The number of hydrogen-bond acceptors (Lipinski definition) is 1. The zero-order valence-electron chi connectivity index (χ0n) is 11.9. The van der Waals surface area contributed by atoms with E-state index in [9.17, 15) is 18.0 Å². The molecule has 116 valence electrons. The molecule has 2 aromatic carbocycles. The summed E-state index contributed by atoms with van der Waals surface area (Å²) in [6.45, 7) is 2.28. The predicted molar refractivity (Wildman–Crippen MR) is 78.5 cm³/mol. The monoisotopic (exact) mass is 308 g/mol. The molecule has 2 aromatic rings. The number of rotatable bonds is 3. The van der Waals surface area contributed by atoms with Gasteiger partial charge in [0.15, 0.2) is 0 Å². The summed E-state index contributed by atoms with van der Waals surface area (Å²) in [7, 11) is 0. The molecule has 0 saturated carbocycles. The molecule has 0 radical (unpaired) electrons. The fourth-order valence-electron chi connectivity index (χ4n) is 1.90. The largest absolute Gasteiger partial charge is 0.416 e. The molecule has 22 heavy (non-hydrogen) atoms. The average Bonchev–Trinajstić information content (AvgIpc) is 2.46. The molecule has 0 atom stereocenters. The first-order valence-electron chi connectivity index (χ1n) is 6.63. The molecule has 0 fully saturated rings. The third-order valence-electron chi connectivity index (χ3n) is 3.17. The molecular weight excluding hydrogens is 293 g/mol. The summed E-state index contributed by atoms with van der Waals surface area (Å²) in [5, 5.41) is 5.15. The van der Waals surface area contributed by atoms with Crippen LogP contribution in [0.15, 0.2) is 48.5 Å². The van der Waals surface area contributed by atoms with E-state index >= 15 is 0 Å². The Balaban J connectivity index is 1.91. The first-order chi connectivity index (χ1) is 10.4. The Morgan fingerprint density at radius 2 is 1.68 bits per heavy atom. The second kappa shape index (κ2) is 6.51. The SMILES string of the molecule is Cc1ccccc1CNC(=O)Nc1ccc(C(F)(F)F)cc1. The highest BCUT2D eigenvalue weighted by Crippen LogP contribution is 2.29. The molecule has 0 aliphatic rings. The molecule has 6 heteroatoms. The first-order valence-corrected chi connectivity index (χ1v) is 6.63. The van der Waals surface area contributed by atoms with Gasteiger partial charge in [0.1, 0.15) is 0 Å². The Kier molecular flexibility index (Phi) is 4.70. The van der Waals surface area contributed by atoms with Crippen molar-refractivity contribution in [3.05, 3.63) is 65.2 Å². The molecule has 2 rings (SSSR count). The molecule has 0 unspecified atom stereocenters. The Morgan fingerprint density at radius 3 is 2.27 bits per heavy atom. The van der Waals surface area contributed by atoms with Crippen LogP contribution in [-0.2, 0) is 12.7 Å². The van der Waals surface area contributed by atoms with Gasteiger partial charge >= 0.3 is 12.2 Å². The van der Waals surface area contributed by atoms with E-state index < -0.39 is 17.8 Å². The molecular formula is C16H15F3N2O. The Morgan fingerprint density at radius 1 is 1.05 bits per heavy atom. The third-order valence-corrected chi connectivity index (χ3v) is 3.17. The minimum absolute atomic E-state index is 0.301. The molecule has 0 heterocycles. The number of carbonyl (C=O) groups excluding carboxylic acids is 1. The lowest BCUT2D eigenvalue weighted by atomic mass is 10.1. The lowest BCUT2D eigenvalue weighted by Crippen LogP contribution is -2.28. The number of alkyl halides is 3. The quantitative estimate of drug-likeness (QED) is 0.870. The fourth-order valence-corrected chi connectivity index (χ4v) is 1.90. The number of benzene rings is 2. The molecule has 0 saturated heterocycles. The number of aryl methyl sites for hydroxylation is 1. The van der Waals surface area contributed by atoms with E-state index in [4.69, 9.17) is 0 Å². The fraction of sp³-hybridized carbons (Fsp3) is 0.188. The Hall–Kier alpha value is -2.50. The number of hydrogen-bond donors (Lipinski definition) is 2. The van der Waals surface area contributed by atoms with Crippen molar-refractivity contribution in [2.75, 3.05) is 5.32 Å². The van der Waals surface area contributed by atoms with Gasteiger partial charge in [-0.1, -0.05) is 24.3 Å². The van der Waals surface area contributed by atoms with E-state index in [1.54, 1.807) is 0 Å². The number of halogens is 3. The summed E-state index contributed by atoms with van der Waals surface area (Å²) in [5.74, 6) is 0. The second-order valence-corrected chi connectivity index (χ2v) is 4.81. The van der Waals surface area contributed by atoms with E-state index in [1.165, 1.54) is 12.1 Å². The molecule has 2 N–H and O–H groups in total. The molecule has 3 nitrogen and oxygen atoms in total. The third kappa shape index (κ3) is 4.25. The first kappa shape index (κ1) is 15.9. The van der Waals surface area contributed by atoms with Crippen molar-refractivity contribution in [2.24, 2.45) is 0 Å². The summed E-state index contributed by atoms with van der Waals surface area (Å²) < 4.78 is 37.3. The maximum atomic E-state index is 12.4. The van der Waals surface area contributed by atoms with Gasteiger partial charge < -0.3 is 10.6 Å². The van der Waals surface area contributed by atoms with Gasteiger partial charge in [0.25, 0.3) is 0 Å². The van der Waals surface area contributed by atoms with Crippen LogP contribution in [0, 0.1) is 6.92 Å². The van der Waals surface area contributed by atoms with Gasteiger partial charge in [-0.2, -0.15) is 13.2 Å². The second-order valence-electron chi connectivity index (χ2n) is 4.81. The molecule has 0 aromatic heterocycles. The van der Waals surface area contributed by atoms with Crippen LogP contribution < -0.4 is 10.6 Å². The van der Waals surface area contributed by atoms with E-state index in [0.29, 0.717) is 12.2 Å². The highest BCUT2D eigenvalue weighted by Gasteiger charge is 2.29. The summed E-state index contributed by atoms with van der Waals surface area (Å²) in [6.07, 6.45) is -4.38. The van der Waals surface area contributed by atoms with Crippen molar-refractivity contribution in [2.45, 2.75) is 19.6 Å². The van der Waals surface area contributed by atoms with Crippen LogP contribution in [0.4, 0.5) is 23.7 Å². The number of carbonyl (C=O) groups is 1. The summed E-state index contributed by atoms with van der Waals surface area (Å²) >= 11 is 0. The van der Waals surface area contributed by atoms with Crippen LogP contribution >= 0.6 is 0 Å². The van der Waals surface area contributed by atoms with Gasteiger partial charge in [0.2, 0.25) is 0 Å². The smallest absolute Gasteiger partial charge is 0.334 e. The summed E-state index contributed by atoms with van der Waals surface area (Å²) in [4.78, 5) is 11.7. The van der Waals surface area contributed by atoms with Gasteiger partial charge in [-0.3, -0.25) is 0 Å². The summed E-state index contributed by atoms with van der Waals surface area (Å²) in [6, 6.07) is 11.4. The Labute approximate surface area is 126 Å². The molecule has 0 aliphatic carbocycles. The van der Waals surface area contributed by atoms with Crippen molar-refractivity contribution in [3.8, 4) is 0 Å². The van der Waals surface area contributed by atoms with Gasteiger partial charge in [-0.15, -0.1) is 0 Å². The number of amides is 2. The van der Waals surface area contributed by atoms with Gasteiger partial charge in [-0.05, 0) is 42.3 Å². The van der Waals surface area contributed by atoms with E-state index in [2.05, 4.69) is 10.6 Å². The van der Waals surface area contributed by atoms with Crippen LogP contribution in [0.25, 0.3) is 0 Å². The number of nitrogens with one attached hydrogen (secondary N) is 2. The predicted octanol–water partition coefficient (Wildman–Crippen LogP) is 4.34. The topological polar surface area (TPSA) is 41.1 Å². The minimum Gasteiger partial charge on any atom is -0.334 e. The standard InChI is InChI=1S/C16H15F3N2O/c1-11-4-2-3-5-12(11)10-20-15(22)21-14-8-6-13(7-9-14)16(17,18)19/h2-9H,10H2,1H3,(H2,20,21,22).